The molecule has 2 aliphatic carbocycles. The first-order valence-corrected chi connectivity index (χ1v) is 10.1. The lowest BCUT2D eigenvalue weighted by Crippen LogP contribution is -2.43. The van der Waals surface area contributed by atoms with Crippen LogP contribution in [0.3, 0.4) is 0 Å². The normalized spacial score (nSPS) is 25.2. The summed E-state index contributed by atoms with van der Waals surface area (Å²) in [4.78, 5) is 8.36. The highest BCUT2D eigenvalue weighted by atomic mass is 32.1. The zero-order valence-electron chi connectivity index (χ0n) is 14.1. The van der Waals surface area contributed by atoms with Crippen molar-refractivity contribution in [3.05, 3.63) is 10.6 Å². The molecule has 1 aromatic rings. The summed E-state index contributed by atoms with van der Waals surface area (Å²) in [6.07, 6.45) is 8.67. The molecule has 0 N–H and O–H groups in total. The van der Waals surface area contributed by atoms with Gasteiger partial charge in [-0.2, -0.15) is 0 Å². The molecule has 24 heavy (non-hydrogen) atoms. The minimum atomic E-state index is -2.53. The Morgan fingerprint density at radius 3 is 2.75 bits per heavy atom. The maximum Gasteiger partial charge on any atom is 0.273 e. The molecular weight excluding hydrogens is 330 g/mol. The molecule has 1 aromatic heterocycles. The van der Waals surface area contributed by atoms with Crippen LogP contribution in [0.4, 0.5) is 8.78 Å². The van der Waals surface area contributed by atoms with E-state index in [1.54, 1.807) is 11.3 Å². The van der Waals surface area contributed by atoms with Gasteiger partial charge in [0.25, 0.3) is 11.1 Å². The average Bonchev–Trinajstić information content (AvgIpc) is 2.93. The number of fused-ring (bicyclic) bond motifs is 1. The second-order valence-electron chi connectivity index (χ2n) is 7.67. The lowest BCUT2D eigenvalue weighted by Gasteiger charge is -2.33. The predicted octanol–water partition coefficient (Wildman–Crippen LogP) is 4.65. The first-order valence-electron chi connectivity index (χ1n) is 9.33. The molecule has 3 aliphatic rings. The van der Waals surface area contributed by atoms with E-state index in [2.05, 4.69) is 9.88 Å². The Hall–Kier alpha value is -0.750. The molecule has 0 spiro atoms. The number of halogens is 2. The molecule has 0 bridgehead atoms. The van der Waals surface area contributed by atoms with Gasteiger partial charge in [0.2, 0.25) is 0 Å². The Morgan fingerprint density at radius 1 is 1.21 bits per heavy atom. The van der Waals surface area contributed by atoms with Crippen molar-refractivity contribution in [3.63, 3.8) is 0 Å². The molecule has 134 valence electrons. The average molecular weight is 356 g/mol. The second-order valence-corrected chi connectivity index (χ2v) is 8.72. The molecule has 6 heteroatoms. The molecule has 2 fully saturated rings. The number of thiazole rings is 1. The SMILES string of the molecule is FC1(F)CC(Oc2nc3c(s2)CCN(CCC2CCCCC2)C3)C1. The van der Waals surface area contributed by atoms with Gasteiger partial charge in [0.1, 0.15) is 6.10 Å². The summed E-state index contributed by atoms with van der Waals surface area (Å²) < 4.78 is 31.4. The van der Waals surface area contributed by atoms with Gasteiger partial charge in [-0.05, 0) is 25.3 Å². The number of hydrogen-bond acceptors (Lipinski definition) is 4. The van der Waals surface area contributed by atoms with E-state index in [1.807, 2.05) is 0 Å². The molecule has 2 saturated carbocycles. The van der Waals surface area contributed by atoms with Crippen molar-refractivity contribution in [1.82, 2.24) is 9.88 Å². The molecule has 1 aliphatic heterocycles. The third kappa shape index (κ3) is 3.90. The van der Waals surface area contributed by atoms with Gasteiger partial charge in [-0.15, -0.1) is 0 Å². The summed E-state index contributed by atoms with van der Waals surface area (Å²) in [6.45, 7) is 3.14. The molecule has 0 amide bonds. The molecule has 3 nitrogen and oxygen atoms in total. The highest BCUT2D eigenvalue weighted by Gasteiger charge is 2.47. The number of nitrogens with zero attached hydrogens (tertiary/aromatic N) is 2. The second kappa shape index (κ2) is 6.87. The largest absolute Gasteiger partial charge is 0.466 e. The fraction of sp³-hybridized carbons (Fsp3) is 0.833. The molecular formula is C18H26F2N2OS. The number of hydrogen-bond donors (Lipinski definition) is 0. The van der Waals surface area contributed by atoms with E-state index < -0.39 is 5.92 Å². The summed E-state index contributed by atoms with van der Waals surface area (Å²) >= 11 is 1.56. The molecule has 0 aromatic carbocycles. The van der Waals surface area contributed by atoms with Gasteiger partial charge in [-0.25, -0.2) is 13.8 Å². The van der Waals surface area contributed by atoms with Crippen LogP contribution in [-0.2, 0) is 13.0 Å². The van der Waals surface area contributed by atoms with Crippen molar-refractivity contribution in [3.8, 4) is 5.19 Å². The van der Waals surface area contributed by atoms with Gasteiger partial charge in [0.15, 0.2) is 0 Å². The van der Waals surface area contributed by atoms with Crippen LogP contribution < -0.4 is 4.74 Å². The first kappa shape index (κ1) is 16.7. The minimum absolute atomic E-state index is 0.162. The molecule has 0 radical (unpaired) electrons. The fourth-order valence-electron chi connectivity index (χ4n) is 4.14. The molecule has 2 heterocycles. The number of rotatable bonds is 5. The summed E-state index contributed by atoms with van der Waals surface area (Å²) in [5, 5.41) is 0.592. The summed E-state index contributed by atoms with van der Waals surface area (Å²) in [5.41, 5.74) is 1.11. The smallest absolute Gasteiger partial charge is 0.273 e. The molecule has 0 atom stereocenters. The lowest BCUT2D eigenvalue weighted by molar-refractivity contribution is -0.134. The molecule has 0 unspecified atom stereocenters. The Balaban J connectivity index is 1.27. The van der Waals surface area contributed by atoms with E-state index in [9.17, 15) is 8.78 Å². The first-order chi connectivity index (χ1) is 11.6. The fourth-order valence-corrected chi connectivity index (χ4v) is 5.12. The number of ether oxygens (including phenoxy) is 1. The quantitative estimate of drug-likeness (QED) is 0.768. The minimum Gasteiger partial charge on any atom is -0.466 e. The Labute approximate surface area is 146 Å². The van der Waals surface area contributed by atoms with Gasteiger partial charge >= 0.3 is 0 Å². The van der Waals surface area contributed by atoms with E-state index >= 15 is 0 Å². The van der Waals surface area contributed by atoms with Crippen LogP contribution >= 0.6 is 11.3 Å². The van der Waals surface area contributed by atoms with E-state index in [1.165, 1.54) is 43.4 Å². The summed E-state index contributed by atoms with van der Waals surface area (Å²) in [7, 11) is 0. The van der Waals surface area contributed by atoms with Gasteiger partial charge in [0, 0.05) is 30.8 Å². The van der Waals surface area contributed by atoms with Crippen LogP contribution in [0.15, 0.2) is 0 Å². The van der Waals surface area contributed by atoms with Crippen LogP contribution in [0.5, 0.6) is 5.19 Å². The highest BCUT2D eigenvalue weighted by molar-refractivity contribution is 7.13. The predicted molar refractivity (Wildman–Crippen MR) is 90.9 cm³/mol. The monoisotopic (exact) mass is 356 g/mol. The van der Waals surface area contributed by atoms with Crippen LogP contribution in [0.25, 0.3) is 0 Å². The maximum atomic E-state index is 12.9. The van der Waals surface area contributed by atoms with Crippen LogP contribution in [0.2, 0.25) is 0 Å². The molecule has 4 rings (SSSR count). The standard InChI is InChI=1S/C18H26F2N2OS/c19-18(20)10-14(11-18)23-17-21-15-12-22(9-7-16(15)24-17)8-6-13-4-2-1-3-5-13/h13-14H,1-12H2. The van der Waals surface area contributed by atoms with Crippen LogP contribution in [0.1, 0.15) is 61.9 Å². The summed E-state index contributed by atoms with van der Waals surface area (Å²) in [5.74, 6) is -1.62. The third-order valence-electron chi connectivity index (χ3n) is 5.69. The number of alkyl halides is 2. The maximum absolute atomic E-state index is 12.9. The Bertz CT molecular complexity index is 563. The topological polar surface area (TPSA) is 25.4 Å². The van der Waals surface area contributed by atoms with Crippen LogP contribution in [0, 0.1) is 5.92 Å². The zero-order chi connectivity index (χ0) is 16.6. The number of aromatic nitrogens is 1. The summed E-state index contributed by atoms with van der Waals surface area (Å²) in [6, 6.07) is 0. The Kier molecular flexibility index (Phi) is 4.78. The third-order valence-corrected chi connectivity index (χ3v) is 6.73. The van der Waals surface area contributed by atoms with Gasteiger partial charge in [-0.1, -0.05) is 43.4 Å². The Morgan fingerprint density at radius 2 is 2.00 bits per heavy atom. The van der Waals surface area contributed by atoms with Gasteiger partial charge in [-0.3, -0.25) is 4.90 Å². The van der Waals surface area contributed by atoms with Crippen LogP contribution in [-0.4, -0.2) is 35.0 Å². The van der Waals surface area contributed by atoms with E-state index in [-0.39, 0.29) is 18.9 Å². The zero-order valence-corrected chi connectivity index (χ0v) is 14.9. The van der Waals surface area contributed by atoms with Crippen molar-refractivity contribution >= 4 is 11.3 Å². The van der Waals surface area contributed by atoms with Gasteiger partial charge < -0.3 is 4.74 Å². The van der Waals surface area contributed by atoms with Crippen molar-refractivity contribution < 1.29 is 13.5 Å². The molecule has 0 saturated heterocycles. The van der Waals surface area contributed by atoms with E-state index in [0.29, 0.717) is 5.19 Å². The van der Waals surface area contributed by atoms with Gasteiger partial charge in [0.05, 0.1) is 5.69 Å². The van der Waals surface area contributed by atoms with Crippen molar-refractivity contribution in [1.29, 1.82) is 0 Å². The van der Waals surface area contributed by atoms with Crippen molar-refractivity contribution in [2.24, 2.45) is 5.92 Å². The van der Waals surface area contributed by atoms with E-state index in [4.69, 9.17) is 4.74 Å². The van der Waals surface area contributed by atoms with Crippen molar-refractivity contribution in [2.75, 3.05) is 13.1 Å². The highest BCUT2D eigenvalue weighted by Crippen LogP contribution is 2.41. The van der Waals surface area contributed by atoms with E-state index in [0.717, 1.165) is 37.7 Å². The van der Waals surface area contributed by atoms with Crippen molar-refractivity contribution in [2.45, 2.75) is 76.4 Å². The lowest BCUT2D eigenvalue weighted by atomic mass is 9.87.